The second-order valence-electron chi connectivity index (χ2n) is 6.85. The van der Waals surface area contributed by atoms with E-state index in [1.165, 1.54) is 6.20 Å². The van der Waals surface area contributed by atoms with Crippen LogP contribution in [0.5, 0.6) is 0 Å². The van der Waals surface area contributed by atoms with Crippen LogP contribution in [-0.4, -0.2) is 27.7 Å². The molecule has 1 aromatic heterocycles. The van der Waals surface area contributed by atoms with Crippen LogP contribution in [0.25, 0.3) is 0 Å². The van der Waals surface area contributed by atoms with Crippen LogP contribution in [-0.2, 0) is 9.59 Å². The minimum atomic E-state index is -0.482. The summed E-state index contributed by atoms with van der Waals surface area (Å²) >= 11 is 0. The fraction of sp³-hybridized carbons (Fsp3) is 0.412. The van der Waals surface area contributed by atoms with E-state index in [4.69, 9.17) is 0 Å². The van der Waals surface area contributed by atoms with Crippen molar-refractivity contribution in [1.29, 1.82) is 0 Å². The molecule has 2 bridgehead atoms. The second-order valence-corrected chi connectivity index (χ2v) is 6.85. The van der Waals surface area contributed by atoms with E-state index in [0.717, 1.165) is 11.4 Å². The zero-order valence-corrected chi connectivity index (χ0v) is 12.3. The Morgan fingerprint density at radius 1 is 1.13 bits per heavy atom. The highest BCUT2D eigenvalue weighted by atomic mass is 16.2. The maximum absolute atomic E-state index is 12.7. The van der Waals surface area contributed by atoms with E-state index in [9.17, 15) is 14.4 Å². The van der Waals surface area contributed by atoms with Gasteiger partial charge in [0, 0.05) is 12.4 Å². The number of hydrogen-bond acceptors (Lipinski definition) is 4. The van der Waals surface area contributed by atoms with Crippen molar-refractivity contribution in [2.24, 2.45) is 35.5 Å². The largest absolute Gasteiger partial charge is 0.272 e. The van der Waals surface area contributed by atoms with Gasteiger partial charge >= 0.3 is 0 Å². The lowest BCUT2D eigenvalue weighted by molar-refractivity contribution is -0.143. The summed E-state index contributed by atoms with van der Waals surface area (Å²) in [5, 5.41) is 0.947. The maximum atomic E-state index is 12.7. The molecular weight excluding hydrogens is 294 g/mol. The fourth-order valence-corrected chi connectivity index (χ4v) is 4.73. The third kappa shape index (κ3) is 1.63. The Morgan fingerprint density at radius 3 is 2.35 bits per heavy atom. The smallest absolute Gasteiger partial charge is 0.271 e. The van der Waals surface area contributed by atoms with Gasteiger partial charge in [-0.05, 0) is 42.2 Å². The Hall–Kier alpha value is -2.50. The number of pyridine rings is 1. The van der Waals surface area contributed by atoms with E-state index in [1.807, 2.05) is 0 Å². The van der Waals surface area contributed by atoms with Gasteiger partial charge in [-0.3, -0.25) is 24.8 Å². The molecule has 0 unspecified atom stereocenters. The van der Waals surface area contributed by atoms with Crippen molar-refractivity contribution in [3.8, 4) is 0 Å². The summed E-state index contributed by atoms with van der Waals surface area (Å²) in [7, 11) is 0. The number of rotatable bonds is 2. The van der Waals surface area contributed by atoms with E-state index in [-0.39, 0.29) is 35.5 Å². The van der Waals surface area contributed by atoms with Crippen LogP contribution in [0.15, 0.2) is 36.7 Å². The highest BCUT2D eigenvalue weighted by Crippen LogP contribution is 2.65. The molecule has 23 heavy (non-hydrogen) atoms. The molecule has 3 fully saturated rings. The van der Waals surface area contributed by atoms with Crippen LogP contribution in [0.1, 0.15) is 16.8 Å². The molecule has 2 heterocycles. The number of allylic oxidation sites excluding steroid dienone is 2. The zero-order chi connectivity index (χ0) is 15.7. The highest BCUT2D eigenvalue weighted by molar-refractivity contribution is 6.08. The summed E-state index contributed by atoms with van der Waals surface area (Å²) < 4.78 is 0. The lowest BCUT2D eigenvalue weighted by Crippen LogP contribution is -2.46. The van der Waals surface area contributed by atoms with Crippen molar-refractivity contribution in [1.82, 2.24) is 15.4 Å². The highest BCUT2D eigenvalue weighted by Gasteiger charge is 2.67. The molecule has 6 nitrogen and oxygen atoms in total. The van der Waals surface area contributed by atoms with Gasteiger partial charge in [-0.25, -0.2) is 0 Å². The molecule has 1 aromatic rings. The first-order chi connectivity index (χ1) is 11.2. The molecule has 4 aliphatic carbocycles. The first-order valence-electron chi connectivity index (χ1n) is 7.94. The first-order valence-corrected chi connectivity index (χ1v) is 7.94. The predicted molar refractivity (Wildman–Crippen MR) is 78.3 cm³/mol. The van der Waals surface area contributed by atoms with Gasteiger partial charge < -0.3 is 0 Å². The number of nitrogens with one attached hydrogen (secondary N) is 1. The molecule has 2 saturated carbocycles. The van der Waals surface area contributed by atoms with E-state index < -0.39 is 5.91 Å². The predicted octanol–water partition coefficient (Wildman–Crippen LogP) is 0.779. The molecular formula is C17H15N3O3. The van der Waals surface area contributed by atoms with Crippen LogP contribution >= 0.6 is 0 Å². The van der Waals surface area contributed by atoms with Gasteiger partial charge in [0.05, 0.1) is 17.4 Å². The lowest BCUT2D eigenvalue weighted by atomic mass is 9.63. The first kappa shape index (κ1) is 13.0. The topological polar surface area (TPSA) is 79.4 Å². The summed E-state index contributed by atoms with van der Waals surface area (Å²) in [5.41, 5.74) is 2.80. The summed E-state index contributed by atoms with van der Waals surface area (Å²) in [6.45, 7) is 0. The number of amides is 3. The van der Waals surface area contributed by atoms with Gasteiger partial charge in [0.1, 0.15) is 0 Å². The van der Waals surface area contributed by atoms with Crippen LogP contribution in [0, 0.1) is 35.5 Å². The fourth-order valence-electron chi connectivity index (χ4n) is 4.73. The summed E-state index contributed by atoms with van der Waals surface area (Å²) in [6.07, 6.45) is 8.31. The number of imide groups is 1. The van der Waals surface area contributed by atoms with Gasteiger partial charge in [0.25, 0.3) is 17.7 Å². The minimum absolute atomic E-state index is 0.159. The van der Waals surface area contributed by atoms with E-state index in [0.29, 0.717) is 17.4 Å². The van der Waals surface area contributed by atoms with Gasteiger partial charge in [-0.2, -0.15) is 5.01 Å². The Bertz CT molecular complexity index is 724. The Balaban J connectivity index is 1.42. The maximum Gasteiger partial charge on any atom is 0.271 e. The average Bonchev–Trinajstić information content (AvgIpc) is 3.37. The standard InChI is InChI=1S/C17H15N3O3/c21-15(8-2-1-5-18-7-8)19-20-16(22)13-9-3-4-10(12-6-11(9)12)14(13)17(20)23/h1-5,7,9-14H,6H2,(H,19,21)/t9-,10-,11-,12+,13-,14+/m0/s1. The van der Waals surface area contributed by atoms with Crippen LogP contribution in [0.3, 0.4) is 0 Å². The van der Waals surface area contributed by atoms with Gasteiger partial charge in [-0.1, -0.05) is 12.2 Å². The third-order valence-electron chi connectivity index (χ3n) is 5.80. The Kier molecular flexibility index (Phi) is 2.42. The molecule has 1 aliphatic heterocycles. The van der Waals surface area contributed by atoms with Crippen LogP contribution in [0.4, 0.5) is 0 Å². The lowest BCUT2D eigenvalue weighted by Gasteiger charge is -2.37. The third-order valence-corrected chi connectivity index (χ3v) is 5.80. The van der Waals surface area contributed by atoms with E-state index in [1.54, 1.807) is 18.3 Å². The van der Waals surface area contributed by atoms with Gasteiger partial charge in [0.2, 0.25) is 0 Å². The van der Waals surface area contributed by atoms with Crippen LogP contribution in [0.2, 0.25) is 0 Å². The van der Waals surface area contributed by atoms with Gasteiger partial charge in [0.15, 0.2) is 0 Å². The van der Waals surface area contributed by atoms with Crippen molar-refractivity contribution in [3.63, 3.8) is 0 Å². The van der Waals surface area contributed by atoms with Crippen molar-refractivity contribution >= 4 is 17.7 Å². The molecule has 0 aromatic carbocycles. The number of hydrazine groups is 1. The monoisotopic (exact) mass is 309 g/mol. The average molecular weight is 309 g/mol. The van der Waals surface area contributed by atoms with Crippen molar-refractivity contribution in [3.05, 3.63) is 42.2 Å². The minimum Gasteiger partial charge on any atom is -0.272 e. The summed E-state index contributed by atoms with van der Waals surface area (Å²) in [5.74, 6) is -0.175. The number of carbonyl (C=O) groups is 3. The molecule has 116 valence electrons. The number of hydrogen-bond donors (Lipinski definition) is 1. The normalized spacial score (nSPS) is 39.2. The van der Waals surface area contributed by atoms with E-state index in [2.05, 4.69) is 22.6 Å². The molecule has 1 N–H and O–H groups in total. The molecule has 1 saturated heterocycles. The van der Waals surface area contributed by atoms with Gasteiger partial charge in [-0.15, -0.1) is 0 Å². The molecule has 3 amide bonds. The molecule has 6 heteroatoms. The second kappa shape index (κ2) is 4.28. The molecule has 0 radical (unpaired) electrons. The molecule has 6 atom stereocenters. The number of aromatic nitrogens is 1. The summed E-state index contributed by atoms with van der Waals surface area (Å²) in [6, 6.07) is 3.24. The quantitative estimate of drug-likeness (QED) is 0.647. The van der Waals surface area contributed by atoms with Crippen molar-refractivity contribution in [2.45, 2.75) is 6.42 Å². The van der Waals surface area contributed by atoms with E-state index >= 15 is 0 Å². The SMILES string of the molecule is O=C(NN1C(=O)[C@@H]2[C@H]3C=C[C@@H]([C@@H]4C[C@H]34)[C@@H]2C1=O)c1cccnc1. The van der Waals surface area contributed by atoms with Crippen molar-refractivity contribution < 1.29 is 14.4 Å². The van der Waals surface area contributed by atoms with Crippen molar-refractivity contribution in [2.75, 3.05) is 0 Å². The molecule has 0 spiro atoms. The Labute approximate surface area is 132 Å². The summed E-state index contributed by atoms with van der Waals surface area (Å²) in [4.78, 5) is 41.5. The molecule has 5 aliphatic rings. The Morgan fingerprint density at radius 2 is 1.78 bits per heavy atom. The number of carbonyl (C=O) groups excluding carboxylic acids is 3. The number of nitrogens with zero attached hydrogens (tertiary/aromatic N) is 2. The molecule has 6 rings (SSSR count). The van der Waals surface area contributed by atoms with Crippen LogP contribution < -0.4 is 5.43 Å². The zero-order valence-electron chi connectivity index (χ0n) is 12.3.